The molecule has 3 aromatic carbocycles. The molecule has 4 rings (SSSR count). The van der Waals surface area contributed by atoms with Gasteiger partial charge in [0.05, 0.1) is 4.90 Å². The number of rotatable bonds is 10. The Kier molecular flexibility index (Phi) is 8.97. The van der Waals surface area contributed by atoms with Crippen LogP contribution in [-0.4, -0.2) is 32.3 Å². The molecule has 1 aromatic heterocycles. The maximum atomic E-state index is 12.7. The zero-order valence-corrected chi connectivity index (χ0v) is 21.6. The van der Waals surface area contributed by atoms with E-state index in [0.29, 0.717) is 17.1 Å². The first-order valence-corrected chi connectivity index (χ1v) is 13.1. The fourth-order valence-corrected chi connectivity index (χ4v) is 4.97. The summed E-state index contributed by atoms with van der Waals surface area (Å²) >= 11 is 0. The SMILES string of the molecule is Cc1ccccc1S(=O)NC(Cc1ccc(-c2cccc(NC(=O)NCc3cccnc3)c2)cc1)C(=O)O. The molecule has 8 nitrogen and oxygen atoms in total. The number of carbonyl (C=O) groups excluding carboxylic acids is 1. The van der Waals surface area contributed by atoms with Gasteiger partial charge in [-0.2, -0.15) is 0 Å². The first-order chi connectivity index (χ1) is 18.4. The third kappa shape index (κ3) is 7.34. The van der Waals surface area contributed by atoms with E-state index in [2.05, 4.69) is 20.3 Å². The van der Waals surface area contributed by atoms with Crippen LogP contribution < -0.4 is 15.4 Å². The van der Waals surface area contributed by atoms with E-state index in [1.165, 1.54) is 0 Å². The highest BCUT2D eigenvalue weighted by molar-refractivity contribution is 7.83. The van der Waals surface area contributed by atoms with E-state index in [9.17, 15) is 18.9 Å². The predicted molar refractivity (Wildman–Crippen MR) is 148 cm³/mol. The van der Waals surface area contributed by atoms with Crippen LogP contribution in [0.4, 0.5) is 10.5 Å². The quantitative estimate of drug-likeness (QED) is 0.238. The van der Waals surface area contributed by atoms with Crippen molar-refractivity contribution in [3.63, 3.8) is 0 Å². The van der Waals surface area contributed by atoms with Crippen molar-refractivity contribution in [3.8, 4) is 11.1 Å². The van der Waals surface area contributed by atoms with Crippen molar-refractivity contribution in [2.45, 2.75) is 30.8 Å². The molecule has 0 aliphatic carbocycles. The number of carboxylic acid groups (broad SMARTS) is 1. The van der Waals surface area contributed by atoms with E-state index in [1.54, 1.807) is 30.6 Å². The summed E-state index contributed by atoms with van der Waals surface area (Å²) in [4.78, 5) is 28.8. The van der Waals surface area contributed by atoms with E-state index in [4.69, 9.17) is 0 Å². The molecule has 2 amide bonds. The van der Waals surface area contributed by atoms with Crippen LogP contribution >= 0.6 is 0 Å². The number of anilines is 1. The fourth-order valence-electron chi connectivity index (χ4n) is 3.84. The fraction of sp³-hybridized carbons (Fsp3) is 0.138. The molecule has 0 bridgehead atoms. The molecule has 4 aromatic rings. The predicted octanol–water partition coefficient (Wildman–Crippen LogP) is 4.69. The lowest BCUT2D eigenvalue weighted by atomic mass is 10.0. The number of pyridine rings is 1. The Labute approximate surface area is 223 Å². The lowest BCUT2D eigenvalue weighted by Gasteiger charge is -2.15. The second-order valence-electron chi connectivity index (χ2n) is 8.69. The third-order valence-corrected chi connectivity index (χ3v) is 7.22. The van der Waals surface area contributed by atoms with E-state index in [1.807, 2.05) is 73.7 Å². The number of aliphatic carboxylic acids is 1. The molecule has 0 aliphatic rings. The molecule has 9 heteroatoms. The average molecular weight is 529 g/mol. The minimum Gasteiger partial charge on any atom is -0.480 e. The molecule has 194 valence electrons. The molecule has 2 atom stereocenters. The Morgan fingerprint density at radius 3 is 2.42 bits per heavy atom. The number of carboxylic acids is 1. The van der Waals surface area contributed by atoms with Crippen LogP contribution in [-0.2, 0) is 28.7 Å². The average Bonchev–Trinajstić information content (AvgIpc) is 2.93. The summed E-state index contributed by atoms with van der Waals surface area (Å²) in [5.41, 5.74) is 4.98. The van der Waals surface area contributed by atoms with Gasteiger partial charge in [0.2, 0.25) is 0 Å². The number of carbonyl (C=O) groups is 2. The van der Waals surface area contributed by atoms with Crippen LogP contribution in [0.1, 0.15) is 16.7 Å². The van der Waals surface area contributed by atoms with Crippen molar-refractivity contribution < 1.29 is 18.9 Å². The second kappa shape index (κ2) is 12.8. The number of urea groups is 1. The smallest absolute Gasteiger partial charge is 0.321 e. The zero-order chi connectivity index (χ0) is 26.9. The number of benzene rings is 3. The van der Waals surface area contributed by atoms with Gasteiger partial charge < -0.3 is 15.7 Å². The molecule has 0 fully saturated rings. The van der Waals surface area contributed by atoms with Gasteiger partial charge in [0.15, 0.2) is 0 Å². The first-order valence-electron chi connectivity index (χ1n) is 12.0. The number of aryl methyl sites for hydroxylation is 1. The lowest BCUT2D eigenvalue weighted by molar-refractivity contribution is -0.138. The largest absolute Gasteiger partial charge is 0.480 e. The number of nitrogens with one attached hydrogen (secondary N) is 3. The number of hydrogen-bond donors (Lipinski definition) is 4. The molecular formula is C29H28N4O4S. The normalized spacial score (nSPS) is 12.3. The molecule has 0 radical (unpaired) electrons. The Morgan fingerprint density at radius 1 is 0.921 bits per heavy atom. The van der Waals surface area contributed by atoms with E-state index in [-0.39, 0.29) is 12.5 Å². The maximum Gasteiger partial charge on any atom is 0.321 e. The van der Waals surface area contributed by atoms with Crippen molar-refractivity contribution >= 4 is 28.7 Å². The molecule has 0 saturated heterocycles. The number of amides is 2. The highest BCUT2D eigenvalue weighted by Gasteiger charge is 2.21. The Bertz CT molecular complexity index is 1430. The summed E-state index contributed by atoms with van der Waals surface area (Å²) in [6.45, 7) is 2.20. The van der Waals surface area contributed by atoms with Crippen LogP contribution in [0.25, 0.3) is 11.1 Å². The third-order valence-electron chi connectivity index (χ3n) is 5.86. The van der Waals surface area contributed by atoms with E-state index in [0.717, 1.165) is 27.8 Å². The number of nitrogens with zero attached hydrogens (tertiary/aromatic N) is 1. The van der Waals surface area contributed by atoms with Crippen LogP contribution in [0.15, 0.2) is 102 Å². The molecule has 4 N–H and O–H groups in total. The van der Waals surface area contributed by atoms with Gasteiger partial charge in [0.1, 0.15) is 17.0 Å². The first kappa shape index (κ1) is 26.7. The van der Waals surface area contributed by atoms with Crippen LogP contribution in [0.5, 0.6) is 0 Å². The Hall–Kier alpha value is -4.34. The van der Waals surface area contributed by atoms with Gasteiger partial charge in [-0.05, 0) is 65.4 Å². The van der Waals surface area contributed by atoms with E-state index >= 15 is 0 Å². The monoisotopic (exact) mass is 528 g/mol. The lowest BCUT2D eigenvalue weighted by Crippen LogP contribution is -2.39. The van der Waals surface area contributed by atoms with Gasteiger partial charge in [-0.15, -0.1) is 0 Å². The maximum absolute atomic E-state index is 12.7. The summed E-state index contributed by atoms with van der Waals surface area (Å²) in [7, 11) is -1.65. The van der Waals surface area contributed by atoms with Crippen molar-refractivity contribution in [1.82, 2.24) is 15.0 Å². The molecule has 1 heterocycles. The number of hydrogen-bond acceptors (Lipinski definition) is 4. The second-order valence-corrected chi connectivity index (χ2v) is 9.91. The van der Waals surface area contributed by atoms with Crippen molar-refractivity contribution in [3.05, 3.63) is 114 Å². The van der Waals surface area contributed by atoms with Crippen LogP contribution in [0.2, 0.25) is 0 Å². The molecule has 0 aliphatic heterocycles. The summed E-state index contributed by atoms with van der Waals surface area (Å²) < 4.78 is 15.5. The van der Waals surface area contributed by atoms with Crippen LogP contribution in [0, 0.1) is 6.92 Å². The van der Waals surface area contributed by atoms with Crippen LogP contribution in [0.3, 0.4) is 0 Å². The zero-order valence-electron chi connectivity index (χ0n) is 20.8. The van der Waals surface area contributed by atoms with Gasteiger partial charge in [-0.25, -0.2) is 13.7 Å². The van der Waals surface area contributed by atoms with E-state index < -0.39 is 23.0 Å². The Balaban J connectivity index is 1.38. The summed E-state index contributed by atoms with van der Waals surface area (Å²) in [6, 6.07) is 24.5. The molecule has 0 spiro atoms. The van der Waals surface area contributed by atoms with Gasteiger partial charge >= 0.3 is 12.0 Å². The summed E-state index contributed by atoms with van der Waals surface area (Å²) in [5.74, 6) is -1.07. The minimum absolute atomic E-state index is 0.173. The van der Waals surface area contributed by atoms with Crippen molar-refractivity contribution in [2.24, 2.45) is 0 Å². The van der Waals surface area contributed by atoms with Crippen molar-refractivity contribution in [2.75, 3.05) is 5.32 Å². The Morgan fingerprint density at radius 2 is 1.71 bits per heavy atom. The minimum atomic E-state index is -1.65. The van der Waals surface area contributed by atoms with Gasteiger partial charge in [0, 0.05) is 24.6 Å². The number of aromatic nitrogens is 1. The molecule has 38 heavy (non-hydrogen) atoms. The van der Waals surface area contributed by atoms with Crippen molar-refractivity contribution in [1.29, 1.82) is 0 Å². The molecule has 0 saturated carbocycles. The summed E-state index contributed by atoms with van der Waals surface area (Å²) in [6.07, 6.45) is 3.55. The van der Waals surface area contributed by atoms with Gasteiger partial charge in [-0.3, -0.25) is 9.78 Å². The highest BCUT2D eigenvalue weighted by atomic mass is 32.2. The molecular weight excluding hydrogens is 500 g/mol. The van der Waals surface area contributed by atoms with Gasteiger partial charge in [-0.1, -0.05) is 60.7 Å². The molecule has 2 unspecified atom stereocenters. The topological polar surface area (TPSA) is 120 Å². The highest BCUT2D eigenvalue weighted by Crippen LogP contribution is 2.24. The van der Waals surface area contributed by atoms with Gasteiger partial charge in [0.25, 0.3) is 0 Å². The standard InChI is InChI=1S/C29H28N4O4S/c1-20-6-2-3-10-27(20)38(37)33-26(28(34)35)16-21-11-13-23(14-12-21)24-8-4-9-25(17-24)32-29(36)31-19-22-7-5-15-30-18-22/h2-15,17-18,26,33H,16,19H2,1H3,(H,34,35)(H2,31,32,36). The summed E-state index contributed by atoms with van der Waals surface area (Å²) in [5, 5.41) is 15.3.